The van der Waals surface area contributed by atoms with Crippen molar-refractivity contribution < 1.29 is 4.39 Å². The fraction of sp³-hybridized carbons (Fsp3) is 0.167. The molecular formula is C12H10FN3. The summed E-state index contributed by atoms with van der Waals surface area (Å²) in [6.45, 7) is 0. The molecule has 3 nitrogen and oxygen atoms in total. The van der Waals surface area contributed by atoms with E-state index in [9.17, 15) is 4.39 Å². The van der Waals surface area contributed by atoms with Crippen molar-refractivity contribution in [2.75, 3.05) is 0 Å². The monoisotopic (exact) mass is 215 g/mol. The predicted molar refractivity (Wildman–Crippen MR) is 61.3 cm³/mol. The number of nitrogens with zero attached hydrogens (tertiary/aromatic N) is 2. The lowest BCUT2D eigenvalue weighted by Gasteiger charge is -2.12. The molecule has 1 aromatic rings. The molecule has 0 aromatic heterocycles. The van der Waals surface area contributed by atoms with Crippen molar-refractivity contribution in [3.8, 4) is 0 Å². The van der Waals surface area contributed by atoms with Gasteiger partial charge in [0.05, 0.1) is 17.6 Å². The van der Waals surface area contributed by atoms with E-state index >= 15 is 0 Å². The van der Waals surface area contributed by atoms with E-state index < -0.39 is 0 Å². The molecule has 2 aliphatic rings. The average molecular weight is 215 g/mol. The number of aliphatic imine (C=N–C) groups is 2. The number of halogens is 1. The largest absolute Gasteiger partial charge is 0.360 e. The van der Waals surface area contributed by atoms with Gasteiger partial charge in [-0.25, -0.2) is 4.39 Å². The number of hydrogen-bond acceptors (Lipinski definition) is 3. The molecule has 4 heteroatoms. The molecule has 0 bridgehead atoms. The highest BCUT2D eigenvalue weighted by molar-refractivity contribution is 6.02. The molecule has 0 aliphatic carbocycles. The molecule has 0 radical (unpaired) electrons. The lowest BCUT2D eigenvalue weighted by atomic mass is 10.1. The Morgan fingerprint density at radius 2 is 2.12 bits per heavy atom. The summed E-state index contributed by atoms with van der Waals surface area (Å²) in [6.07, 6.45) is 5.42. The van der Waals surface area contributed by atoms with Crippen LogP contribution in [0.2, 0.25) is 0 Å². The Morgan fingerprint density at radius 3 is 2.94 bits per heavy atom. The lowest BCUT2D eigenvalue weighted by Crippen LogP contribution is -2.36. The smallest absolute Gasteiger partial charge is 0.134 e. The van der Waals surface area contributed by atoms with Gasteiger partial charge in [-0.1, -0.05) is 12.1 Å². The minimum Gasteiger partial charge on any atom is -0.360 e. The first-order valence-corrected chi connectivity index (χ1v) is 5.14. The summed E-state index contributed by atoms with van der Waals surface area (Å²) in [6, 6.07) is 6.72. The van der Waals surface area contributed by atoms with Crippen LogP contribution in [0.4, 0.5) is 4.39 Å². The van der Waals surface area contributed by atoms with Crippen molar-refractivity contribution in [2.45, 2.75) is 12.1 Å². The molecule has 0 saturated carbocycles. The van der Waals surface area contributed by atoms with Crippen molar-refractivity contribution in [3.63, 3.8) is 0 Å². The maximum absolute atomic E-state index is 13.5. The van der Waals surface area contributed by atoms with Gasteiger partial charge in [-0.15, -0.1) is 0 Å². The summed E-state index contributed by atoms with van der Waals surface area (Å²) >= 11 is 0. The molecule has 3 rings (SSSR count). The van der Waals surface area contributed by atoms with Crippen LogP contribution in [0.5, 0.6) is 0 Å². The number of fused-ring (bicyclic) bond motifs is 1. The molecule has 0 fully saturated rings. The molecule has 1 N–H and O–H groups in total. The van der Waals surface area contributed by atoms with Gasteiger partial charge in [-0.2, -0.15) is 0 Å². The zero-order valence-electron chi connectivity index (χ0n) is 8.47. The maximum Gasteiger partial charge on any atom is 0.134 e. The highest BCUT2D eigenvalue weighted by atomic mass is 19.1. The van der Waals surface area contributed by atoms with Crippen molar-refractivity contribution in [2.24, 2.45) is 9.98 Å². The molecule has 2 atom stereocenters. The third kappa shape index (κ3) is 1.43. The normalized spacial score (nSPS) is 26.2. The van der Waals surface area contributed by atoms with Crippen LogP contribution < -0.4 is 5.32 Å². The maximum atomic E-state index is 13.5. The summed E-state index contributed by atoms with van der Waals surface area (Å²) in [7, 11) is 0. The van der Waals surface area contributed by atoms with Crippen LogP contribution in [0.15, 0.2) is 46.5 Å². The third-order valence-electron chi connectivity index (χ3n) is 2.69. The Morgan fingerprint density at radius 1 is 1.25 bits per heavy atom. The molecule has 0 saturated heterocycles. The van der Waals surface area contributed by atoms with Gasteiger partial charge in [-0.05, 0) is 18.2 Å². The van der Waals surface area contributed by atoms with E-state index in [0.29, 0.717) is 11.4 Å². The Bertz CT molecular complexity index is 505. The van der Waals surface area contributed by atoms with E-state index in [4.69, 9.17) is 0 Å². The summed E-state index contributed by atoms with van der Waals surface area (Å²) < 4.78 is 13.5. The Labute approximate surface area is 92.4 Å². The van der Waals surface area contributed by atoms with E-state index in [1.165, 1.54) is 6.07 Å². The topological polar surface area (TPSA) is 36.8 Å². The summed E-state index contributed by atoms with van der Waals surface area (Å²) in [5.74, 6) is 0.347. The first-order valence-electron chi connectivity index (χ1n) is 5.14. The van der Waals surface area contributed by atoms with Gasteiger partial charge in [-0.3, -0.25) is 9.98 Å². The fourth-order valence-electron chi connectivity index (χ4n) is 1.88. The number of nitrogens with one attached hydrogen (secondary N) is 1. The van der Waals surface area contributed by atoms with Crippen LogP contribution >= 0.6 is 0 Å². The number of amidine groups is 1. The average Bonchev–Trinajstić information content (AvgIpc) is 2.73. The first kappa shape index (κ1) is 9.27. The van der Waals surface area contributed by atoms with E-state index in [1.807, 2.05) is 6.08 Å². The fourth-order valence-corrected chi connectivity index (χ4v) is 1.88. The zero-order valence-corrected chi connectivity index (χ0v) is 8.47. The zero-order chi connectivity index (χ0) is 11.0. The van der Waals surface area contributed by atoms with Crippen LogP contribution in [0.3, 0.4) is 0 Å². The van der Waals surface area contributed by atoms with E-state index in [2.05, 4.69) is 15.3 Å². The lowest BCUT2D eigenvalue weighted by molar-refractivity contribution is 0.624. The summed E-state index contributed by atoms with van der Waals surface area (Å²) in [5, 5.41) is 3.16. The molecule has 1 unspecified atom stereocenters. The van der Waals surface area contributed by atoms with Crippen molar-refractivity contribution >= 4 is 12.1 Å². The van der Waals surface area contributed by atoms with Crippen molar-refractivity contribution in [1.29, 1.82) is 0 Å². The van der Waals surface area contributed by atoms with Gasteiger partial charge in [0.1, 0.15) is 11.7 Å². The first-order chi connectivity index (χ1) is 7.84. The second kappa shape index (κ2) is 3.56. The quantitative estimate of drug-likeness (QED) is 0.757. The van der Waals surface area contributed by atoms with Gasteiger partial charge >= 0.3 is 0 Å². The standard InChI is InChI=1S/C12H10FN3/c13-9-4-2-1-3-8(9)12-15-10-5-6-14-7-11(10)16-12/h1-7,10-11H,(H,15,16)/t10-,11?/m1/s1. The highest BCUT2D eigenvalue weighted by Gasteiger charge is 2.28. The SMILES string of the molecule is Fc1ccccc1C1=N[C@@H]2C=CN=CC2N1. The van der Waals surface area contributed by atoms with Gasteiger partial charge in [0, 0.05) is 12.4 Å². The van der Waals surface area contributed by atoms with E-state index in [-0.39, 0.29) is 17.9 Å². The summed E-state index contributed by atoms with van der Waals surface area (Å²) in [5.41, 5.74) is 0.513. The molecule has 1 aromatic carbocycles. The van der Waals surface area contributed by atoms with Gasteiger partial charge in [0.2, 0.25) is 0 Å². The van der Waals surface area contributed by atoms with Crippen molar-refractivity contribution in [3.05, 3.63) is 47.9 Å². The van der Waals surface area contributed by atoms with Crippen LogP contribution in [-0.2, 0) is 0 Å². The second-order valence-corrected chi connectivity index (χ2v) is 3.76. The van der Waals surface area contributed by atoms with E-state index in [1.54, 1.807) is 30.6 Å². The molecular weight excluding hydrogens is 205 g/mol. The van der Waals surface area contributed by atoms with Gasteiger partial charge in [0.15, 0.2) is 0 Å². The van der Waals surface area contributed by atoms with Crippen LogP contribution in [0, 0.1) is 5.82 Å². The van der Waals surface area contributed by atoms with Gasteiger partial charge in [0.25, 0.3) is 0 Å². The van der Waals surface area contributed by atoms with Crippen molar-refractivity contribution in [1.82, 2.24) is 5.32 Å². The molecule has 2 aliphatic heterocycles. The summed E-state index contributed by atoms with van der Waals surface area (Å²) in [4.78, 5) is 8.46. The number of benzene rings is 1. The Hall–Kier alpha value is -1.97. The molecule has 80 valence electrons. The third-order valence-corrected chi connectivity index (χ3v) is 2.69. The number of rotatable bonds is 1. The molecule has 0 amide bonds. The molecule has 0 spiro atoms. The minimum atomic E-state index is -0.256. The van der Waals surface area contributed by atoms with Crippen LogP contribution in [0.25, 0.3) is 0 Å². The molecule has 2 heterocycles. The predicted octanol–water partition coefficient (Wildman–Crippen LogP) is 1.51. The minimum absolute atomic E-state index is 0.0344. The number of hydrogen-bond donors (Lipinski definition) is 1. The van der Waals surface area contributed by atoms with Crippen LogP contribution in [0.1, 0.15) is 5.56 Å². The Balaban J connectivity index is 1.96. The Kier molecular flexibility index (Phi) is 2.06. The van der Waals surface area contributed by atoms with Crippen LogP contribution in [-0.4, -0.2) is 24.1 Å². The highest BCUT2D eigenvalue weighted by Crippen LogP contribution is 2.16. The second-order valence-electron chi connectivity index (χ2n) is 3.76. The van der Waals surface area contributed by atoms with E-state index in [0.717, 1.165) is 0 Å². The molecule has 16 heavy (non-hydrogen) atoms. The van der Waals surface area contributed by atoms with Gasteiger partial charge < -0.3 is 5.32 Å².